The van der Waals surface area contributed by atoms with Crippen LogP contribution in [0.4, 0.5) is 0 Å². The molecule has 1 aromatic heterocycles. The Bertz CT molecular complexity index is 1020. The van der Waals surface area contributed by atoms with Gasteiger partial charge < -0.3 is 4.74 Å². The smallest absolute Gasteiger partial charge is 0.119 e. The summed E-state index contributed by atoms with van der Waals surface area (Å²) in [6.07, 6.45) is 6.21. The van der Waals surface area contributed by atoms with Gasteiger partial charge in [-0.3, -0.25) is 4.90 Å². The topological polar surface area (TPSA) is 25.4 Å². The normalized spacial score (nSPS) is 13.1. The molecule has 1 aliphatic heterocycles. The van der Waals surface area contributed by atoms with Gasteiger partial charge in [0.2, 0.25) is 0 Å². The summed E-state index contributed by atoms with van der Waals surface area (Å²) >= 11 is 5.94. The van der Waals surface area contributed by atoms with Crippen LogP contribution in [0.3, 0.4) is 0 Å². The van der Waals surface area contributed by atoms with Crippen LogP contribution in [0.2, 0.25) is 5.02 Å². The molecule has 0 aliphatic carbocycles. The molecule has 0 fully saturated rings. The maximum Gasteiger partial charge on any atom is 0.119 e. The molecule has 0 spiro atoms. The van der Waals surface area contributed by atoms with E-state index in [1.807, 2.05) is 66.9 Å². The fraction of sp³-hybridized carbons (Fsp3) is 0.160. The molecule has 1 aliphatic rings. The average molecular weight is 401 g/mol. The number of pyridine rings is 1. The second-order valence-corrected chi connectivity index (χ2v) is 7.23. The van der Waals surface area contributed by atoms with E-state index in [0.717, 1.165) is 52.8 Å². The molecule has 4 heteroatoms. The molecule has 2 aromatic carbocycles. The minimum atomic E-state index is 0.691. The van der Waals surface area contributed by atoms with Gasteiger partial charge in [0.25, 0.3) is 0 Å². The Kier molecular flexibility index (Phi) is 6.26. The highest BCUT2D eigenvalue weighted by Crippen LogP contribution is 2.20. The van der Waals surface area contributed by atoms with E-state index in [0.29, 0.717) is 6.61 Å². The summed E-state index contributed by atoms with van der Waals surface area (Å²) in [5.74, 6) is 7.13. The predicted octanol–water partition coefficient (Wildman–Crippen LogP) is 5.05. The number of hydrogen-bond acceptors (Lipinski definition) is 3. The van der Waals surface area contributed by atoms with E-state index in [1.165, 1.54) is 0 Å². The van der Waals surface area contributed by atoms with Crippen LogP contribution in [0.5, 0.6) is 5.75 Å². The molecule has 0 amide bonds. The number of rotatable bonds is 5. The van der Waals surface area contributed by atoms with Crippen molar-refractivity contribution in [3.05, 3.63) is 95.3 Å². The minimum absolute atomic E-state index is 0.691. The van der Waals surface area contributed by atoms with E-state index in [1.54, 1.807) is 0 Å². The van der Waals surface area contributed by atoms with Crippen LogP contribution in [0.15, 0.2) is 79.0 Å². The molecule has 3 nitrogen and oxygen atoms in total. The Hall–Kier alpha value is -3.06. The van der Waals surface area contributed by atoms with E-state index in [4.69, 9.17) is 16.3 Å². The molecule has 0 bridgehead atoms. The third-order valence-electron chi connectivity index (χ3n) is 4.70. The van der Waals surface area contributed by atoms with E-state index in [-0.39, 0.29) is 0 Å². The van der Waals surface area contributed by atoms with Crippen LogP contribution in [0.1, 0.15) is 11.3 Å². The first kappa shape index (κ1) is 19.3. The van der Waals surface area contributed by atoms with E-state index in [9.17, 15) is 0 Å². The highest BCUT2D eigenvalue weighted by molar-refractivity contribution is 6.30. The Balaban J connectivity index is 1.32. The van der Waals surface area contributed by atoms with Gasteiger partial charge in [-0.1, -0.05) is 47.9 Å². The summed E-state index contributed by atoms with van der Waals surface area (Å²) in [6.45, 7) is 3.67. The minimum Gasteiger partial charge on any atom is -0.492 e. The third kappa shape index (κ3) is 5.48. The molecular formula is C25H21ClN2O. The molecule has 0 atom stereocenters. The van der Waals surface area contributed by atoms with Crippen molar-refractivity contribution in [3.8, 4) is 28.7 Å². The first-order valence-electron chi connectivity index (χ1n) is 9.60. The van der Waals surface area contributed by atoms with Gasteiger partial charge in [-0.15, -0.1) is 0 Å². The molecule has 29 heavy (non-hydrogen) atoms. The summed E-state index contributed by atoms with van der Waals surface area (Å²) in [5.41, 5.74) is 3.79. The van der Waals surface area contributed by atoms with E-state index >= 15 is 0 Å². The van der Waals surface area contributed by atoms with Crippen LogP contribution >= 0.6 is 11.6 Å². The molecule has 0 saturated carbocycles. The summed E-state index contributed by atoms with van der Waals surface area (Å²) in [7, 11) is 0. The van der Waals surface area contributed by atoms with Gasteiger partial charge in [0, 0.05) is 42.0 Å². The predicted molar refractivity (Wildman–Crippen MR) is 118 cm³/mol. The molecule has 4 rings (SSSR count). The second-order valence-electron chi connectivity index (χ2n) is 6.79. The number of nitrogens with zero attached hydrogens (tertiary/aromatic N) is 2. The van der Waals surface area contributed by atoms with Crippen LogP contribution in [0, 0.1) is 11.8 Å². The van der Waals surface area contributed by atoms with Gasteiger partial charge in [0.1, 0.15) is 18.1 Å². The molecule has 144 valence electrons. The van der Waals surface area contributed by atoms with Crippen molar-refractivity contribution in [2.75, 3.05) is 26.2 Å². The molecule has 0 radical (unpaired) electrons. The van der Waals surface area contributed by atoms with Crippen molar-refractivity contribution >= 4 is 11.6 Å². The number of aromatic nitrogens is 1. The van der Waals surface area contributed by atoms with Gasteiger partial charge in [-0.2, -0.15) is 0 Å². The van der Waals surface area contributed by atoms with Crippen molar-refractivity contribution in [1.82, 2.24) is 9.88 Å². The fourth-order valence-corrected chi connectivity index (χ4v) is 3.17. The van der Waals surface area contributed by atoms with Crippen LogP contribution in [-0.4, -0.2) is 36.1 Å². The average Bonchev–Trinajstić information content (AvgIpc) is 3.28. The Labute approximate surface area is 176 Å². The summed E-state index contributed by atoms with van der Waals surface area (Å²) in [5, 5.41) is 0.726. The van der Waals surface area contributed by atoms with E-state index < -0.39 is 0 Å². The molecule has 3 aromatic rings. The lowest BCUT2D eigenvalue weighted by Gasteiger charge is -2.14. The Morgan fingerprint density at radius 3 is 2.28 bits per heavy atom. The number of hydrogen-bond donors (Lipinski definition) is 0. The first-order chi connectivity index (χ1) is 14.3. The van der Waals surface area contributed by atoms with Gasteiger partial charge in [-0.05, 0) is 53.9 Å². The largest absolute Gasteiger partial charge is 0.492 e. The maximum absolute atomic E-state index is 5.94. The number of benzene rings is 2. The molecule has 0 saturated heterocycles. The monoisotopic (exact) mass is 400 g/mol. The molecular weight excluding hydrogens is 380 g/mol. The van der Waals surface area contributed by atoms with Crippen LogP contribution < -0.4 is 4.74 Å². The van der Waals surface area contributed by atoms with Crippen molar-refractivity contribution in [3.63, 3.8) is 0 Å². The molecule has 0 unspecified atom stereocenters. The second kappa shape index (κ2) is 9.43. The molecule has 0 N–H and O–H groups in total. The van der Waals surface area contributed by atoms with Crippen molar-refractivity contribution in [1.29, 1.82) is 0 Å². The van der Waals surface area contributed by atoms with E-state index in [2.05, 4.69) is 33.9 Å². The Morgan fingerprint density at radius 1 is 0.862 bits per heavy atom. The van der Waals surface area contributed by atoms with Gasteiger partial charge >= 0.3 is 0 Å². The van der Waals surface area contributed by atoms with Gasteiger partial charge in [0.15, 0.2) is 0 Å². The zero-order valence-electron chi connectivity index (χ0n) is 16.0. The Morgan fingerprint density at radius 2 is 1.59 bits per heavy atom. The van der Waals surface area contributed by atoms with Crippen LogP contribution in [0.25, 0.3) is 11.1 Å². The lowest BCUT2D eigenvalue weighted by Crippen LogP contribution is -2.25. The summed E-state index contributed by atoms with van der Waals surface area (Å²) in [6, 6.07) is 19.5. The van der Waals surface area contributed by atoms with Gasteiger partial charge in [0.05, 0.1) is 0 Å². The summed E-state index contributed by atoms with van der Waals surface area (Å²) < 4.78 is 5.81. The number of ether oxygens (including phenoxy) is 1. The van der Waals surface area contributed by atoms with Crippen LogP contribution in [-0.2, 0) is 0 Å². The summed E-state index contributed by atoms with van der Waals surface area (Å²) in [4.78, 5) is 6.79. The van der Waals surface area contributed by atoms with Gasteiger partial charge in [-0.25, -0.2) is 4.98 Å². The highest BCUT2D eigenvalue weighted by atomic mass is 35.5. The van der Waals surface area contributed by atoms with Crippen molar-refractivity contribution in [2.45, 2.75) is 0 Å². The molecule has 2 heterocycles. The first-order valence-corrected chi connectivity index (χ1v) is 9.98. The standard InChI is InChI=1S/C25H21ClN2O/c26-23-9-6-21(7-10-23)22-8-12-24(27-19-22)11-3-20-4-13-25(14-5-20)29-18-17-28-15-1-2-16-28/h1-2,4-10,12-14,19H,15-18H2. The SMILES string of the molecule is Clc1ccc(-c2ccc(C#Cc3ccc(OCCN4CC=CC4)cc3)nc2)cc1. The highest BCUT2D eigenvalue weighted by Gasteiger charge is 2.05. The fourth-order valence-electron chi connectivity index (χ4n) is 3.05. The maximum atomic E-state index is 5.94. The van der Waals surface area contributed by atoms with Crippen molar-refractivity contribution < 1.29 is 4.74 Å². The lowest BCUT2D eigenvalue weighted by atomic mass is 10.1. The number of halogens is 1. The zero-order chi connectivity index (χ0) is 19.9. The zero-order valence-corrected chi connectivity index (χ0v) is 16.8. The third-order valence-corrected chi connectivity index (χ3v) is 4.95. The quantitative estimate of drug-likeness (QED) is 0.442. The van der Waals surface area contributed by atoms with Crippen molar-refractivity contribution in [2.24, 2.45) is 0 Å². The lowest BCUT2D eigenvalue weighted by molar-refractivity contribution is 0.243.